The van der Waals surface area contributed by atoms with E-state index in [0.29, 0.717) is 0 Å². The maximum absolute atomic E-state index is 10.9. The second kappa shape index (κ2) is 4.46. The van der Waals surface area contributed by atoms with E-state index in [1.165, 1.54) is 18.1 Å². The molecule has 2 rings (SSSR count). The highest BCUT2D eigenvalue weighted by molar-refractivity contribution is 6.31. The van der Waals surface area contributed by atoms with E-state index in [1.54, 1.807) is 0 Å². The van der Waals surface area contributed by atoms with Gasteiger partial charge in [-0.2, -0.15) is 0 Å². The van der Waals surface area contributed by atoms with E-state index in [1.807, 2.05) is 19.1 Å². The number of carbonyl (C=O) groups is 1. The van der Waals surface area contributed by atoms with Gasteiger partial charge in [0.25, 0.3) is 0 Å². The highest BCUT2D eigenvalue weighted by Crippen LogP contribution is 2.39. The van der Waals surface area contributed by atoms with Crippen molar-refractivity contribution in [1.29, 1.82) is 0 Å². The van der Waals surface area contributed by atoms with Gasteiger partial charge in [0.15, 0.2) is 0 Å². The summed E-state index contributed by atoms with van der Waals surface area (Å²) >= 11 is 6.14. The Morgan fingerprint density at radius 3 is 3.00 bits per heavy atom. The quantitative estimate of drug-likeness (QED) is 0.739. The summed E-state index contributed by atoms with van der Waals surface area (Å²) in [6.45, 7) is 3.40. The van der Waals surface area contributed by atoms with Crippen LogP contribution >= 0.6 is 11.6 Å². The second-order valence-electron chi connectivity index (χ2n) is 4.27. The Balaban J connectivity index is 2.23. The van der Waals surface area contributed by atoms with Crippen molar-refractivity contribution >= 4 is 17.6 Å². The maximum atomic E-state index is 10.9. The van der Waals surface area contributed by atoms with Gasteiger partial charge in [0.05, 0.1) is 0 Å². The highest BCUT2D eigenvalue weighted by atomic mass is 35.5. The fourth-order valence-electron chi connectivity index (χ4n) is 2.47. The minimum Gasteiger partial charge on any atom is -0.462 e. The lowest BCUT2D eigenvalue weighted by Crippen LogP contribution is -2.19. The molecule has 0 amide bonds. The second-order valence-corrected chi connectivity index (χ2v) is 4.67. The molecule has 16 heavy (non-hydrogen) atoms. The Kier molecular flexibility index (Phi) is 3.20. The van der Waals surface area contributed by atoms with Crippen LogP contribution in [0.25, 0.3) is 0 Å². The Morgan fingerprint density at radius 1 is 1.56 bits per heavy atom. The van der Waals surface area contributed by atoms with E-state index in [0.717, 1.165) is 17.9 Å². The Bertz CT molecular complexity index is 414. The number of hydrogen-bond donors (Lipinski definition) is 0. The molecule has 0 heterocycles. The number of benzene rings is 1. The molecule has 1 aliphatic carbocycles. The van der Waals surface area contributed by atoms with Gasteiger partial charge in [-0.1, -0.05) is 23.7 Å². The van der Waals surface area contributed by atoms with Gasteiger partial charge in [0, 0.05) is 17.9 Å². The lowest BCUT2D eigenvalue weighted by Gasteiger charge is -2.20. The molecule has 1 aliphatic rings. The monoisotopic (exact) mass is 238 g/mol. The third-order valence-corrected chi connectivity index (χ3v) is 3.53. The van der Waals surface area contributed by atoms with Crippen LogP contribution in [0.5, 0.6) is 0 Å². The molecule has 1 aromatic carbocycles. The van der Waals surface area contributed by atoms with Crippen molar-refractivity contribution < 1.29 is 9.53 Å². The summed E-state index contributed by atoms with van der Waals surface area (Å²) in [5, 5.41) is 0.829. The predicted octanol–water partition coefficient (Wildman–Crippen LogP) is 3.32. The van der Waals surface area contributed by atoms with Crippen molar-refractivity contribution in [2.24, 2.45) is 0 Å². The molecule has 0 bridgehead atoms. The van der Waals surface area contributed by atoms with Gasteiger partial charge in [-0.05, 0) is 37.0 Å². The first-order chi connectivity index (χ1) is 7.59. The van der Waals surface area contributed by atoms with Crippen LogP contribution in [0.4, 0.5) is 0 Å². The van der Waals surface area contributed by atoms with Crippen molar-refractivity contribution in [1.82, 2.24) is 0 Å². The van der Waals surface area contributed by atoms with Crippen molar-refractivity contribution in [2.45, 2.75) is 38.7 Å². The number of fused-ring (bicyclic) bond motifs is 1. The fourth-order valence-corrected chi connectivity index (χ4v) is 2.75. The number of hydrogen-bond acceptors (Lipinski definition) is 2. The number of halogens is 1. The van der Waals surface area contributed by atoms with Gasteiger partial charge in [-0.25, -0.2) is 0 Å². The summed E-state index contributed by atoms with van der Waals surface area (Å²) in [4.78, 5) is 10.9. The summed E-state index contributed by atoms with van der Waals surface area (Å²) < 4.78 is 5.25. The summed E-state index contributed by atoms with van der Waals surface area (Å²) in [7, 11) is 0. The first-order valence-corrected chi connectivity index (χ1v) is 5.92. The molecular formula is C13H15ClO2. The molecule has 2 atom stereocenters. The lowest BCUT2D eigenvalue weighted by atomic mass is 9.96. The van der Waals surface area contributed by atoms with Crippen LogP contribution in [-0.4, -0.2) is 12.1 Å². The average Bonchev–Trinajstić information content (AvgIpc) is 2.61. The summed E-state index contributed by atoms with van der Waals surface area (Å²) in [6, 6.07) is 5.96. The zero-order valence-corrected chi connectivity index (χ0v) is 10.3. The Hall–Kier alpha value is -1.02. The van der Waals surface area contributed by atoms with Crippen LogP contribution in [0.3, 0.4) is 0 Å². The highest BCUT2D eigenvalue weighted by Gasteiger charge is 2.29. The van der Waals surface area contributed by atoms with Crippen LogP contribution in [-0.2, 0) is 16.0 Å². The van der Waals surface area contributed by atoms with Gasteiger partial charge in [-0.3, -0.25) is 4.79 Å². The number of rotatable bonds is 2. The Labute approximate surface area is 101 Å². The zero-order chi connectivity index (χ0) is 11.7. The molecule has 0 aromatic heterocycles. The third kappa shape index (κ3) is 2.07. The van der Waals surface area contributed by atoms with Crippen molar-refractivity contribution in [2.75, 3.05) is 0 Å². The molecule has 0 radical (unpaired) electrons. The molecule has 3 heteroatoms. The largest absolute Gasteiger partial charge is 0.462 e. The smallest absolute Gasteiger partial charge is 0.302 e. The van der Waals surface area contributed by atoms with Crippen molar-refractivity contribution in [3.63, 3.8) is 0 Å². The number of esters is 1. The first kappa shape index (κ1) is 11.5. The Morgan fingerprint density at radius 2 is 2.31 bits per heavy atom. The standard InChI is InChI=1S/C13H15ClO2/c1-8(16-9(2)15)10-6-7-12-11(10)4-3-5-13(12)14/h3-5,8,10H,6-7H2,1-2H3. The van der Waals surface area contributed by atoms with Gasteiger partial charge < -0.3 is 4.74 Å². The molecule has 0 fully saturated rings. The van der Waals surface area contributed by atoms with Gasteiger partial charge >= 0.3 is 5.97 Å². The topological polar surface area (TPSA) is 26.3 Å². The molecule has 86 valence electrons. The normalized spacial score (nSPS) is 20.3. The van der Waals surface area contributed by atoms with Gasteiger partial charge in [0.2, 0.25) is 0 Å². The van der Waals surface area contributed by atoms with E-state index in [9.17, 15) is 4.79 Å². The SMILES string of the molecule is CC(=O)OC(C)C1CCc2c(Cl)cccc21. The lowest BCUT2D eigenvalue weighted by molar-refractivity contribution is -0.146. The predicted molar refractivity (Wildman–Crippen MR) is 63.7 cm³/mol. The van der Waals surface area contributed by atoms with Crippen LogP contribution in [0.1, 0.15) is 37.3 Å². The number of carbonyl (C=O) groups excluding carboxylic acids is 1. The molecule has 0 aliphatic heterocycles. The molecule has 0 spiro atoms. The summed E-state index contributed by atoms with van der Waals surface area (Å²) in [6.07, 6.45) is 1.91. The van der Waals surface area contributed by atoms with Crippen LogP contribution in [0.2, 0.25) is 5.02 Å². The first-order valence-electron chi connectivity index (χ1n) is 5.54. The molecule has 1 aromatic rings. The van der Waals surface area contributed by atoms with E-state index < -0.39 is 0 Å². The van der Waals surface area contributed by atoms with Gasteiger partial charge in [0.1, 0.15) is 6.10 Å². The van der Waals surface area contributed by atoms with E-state index in [-0.39, 0.29) is 18.0 Å². The molecular weight excluding hydrogens is 224 g/mol. The molecule has 2 unspecified atom stereocenters. The minimum atomic E-state index is -0.219. The fraction of sp³-hybridized carbons (Fsp3) is 0.462. The summed E-state index contributed by atoms with van der Waals surface area (Å²) in [5.41, 5.74) is 2.45. The van der Waals surface area contributed by atoms with Crippen LogP contribution < -0.4 is 0 Å². The van der Waals surface area contributed by atoms with Crippen molar-refractivity contribution in [3.8, 4) is 0 Å². The molecule has 0 saturated carbocycles. The summed E-state index contributed by atoms with van der Waals surface area (Å²) in [5.74, 6) is 0.0700. The van der Waals surface area contributed by atoms with Crippen LogP contribution in [0, 0.1) is 0 Å². The third-order valence-electron chi connectivity index (χ3n) is 3.18. The zero-order valence-electron chi connectivity index (χ0n) is 9.50. The average molecular weight is 239 g/mol. The molecule has 0 saturated heterocycles. The molecule has 0 N–H and O–H groups in total. The van der Waals surface area contributed by atoms with E-state index in [4.69, 9.17) is 16.3 Å². The maximum Gasteiger partial charge on any atom is 0.302 e. The van der Waals surface area contributed by atoms with Gasteiger partial charge in [-0.15, -0.1) is 0 Å². The van der Waals surface area contributed by atoms with Crippen LogP contribution in [0.15, 0.2) is 18.2 Å². The minimum absolute atomic E-state index is 0.0720. The van der Waals surface area contributed by atoms with E-state index in [2.05, 4.69) is 6.07 Å². The number of ether oxygens (including phenoxy) is 1. The van der Waals surface area contributed by atoms with Crippen molar-refractivity contribution in [3.05, 3.63) is 34.3 Å². The molecule has 2 nitrogen and oxygen atoms in total. The van der Waals surface area contributed by atoms with E-state index >= 15 is 0 Å².